The fourth-order valence-corrected chi connectivity index (χ4v) is 3.99. The molecule has 2 N–H and O–H groups in total. The quantitative estimate of drug-likeness (QED) is 0.749. The number of alkyl halides is 3. The third-order valence-corrected chi connectivity index (χ3v) is 5.47. The molecular formula is C18H17F3N2O4S. The number of nitrogens with one attached hydrogen (secondary N) is 2. The van der Waals surface area contributed by atoms with Crippen LogP contribution in [0.5, 0.6) is 0 Å². The first-order valence-electron chi connectivity index (χ1n) is 8.28. The number of ether oxygens (including phenoxy) is 1. The number of fused-ring (bicyclic) bond motifs is 1. The Morgan fingerprint density at radius 3 is 2.32 bits per heavy atom. The van der Waals surface area contributed by atoms with Crippen molar-refractivity contribution in [3.63, 3.8) is 0 Å². The first-order valence-corrected chi connectivity index (χ1v) is 9.77. The molecular weight excluding hydrogens is 397 g/mol. The molecule has 6 nitrogen and oxygen atoms in total. The molecule has 2 aromatic carbocycles. The van der Waals surface area contributed by atoms with Crippen molar-refractivity contribution in [2.24, 2.45) is 0 Å². The number of halogens is 3. The van der Waals surface area contributed by atoms with Crippen LogP contribution in [0.2, 0.25) is 0 Å². The summed E-state index contributed by atoms with van der Waals surface area (Å²) in [5.74, 6) is -0.529. The van der Waals surface area contributed by atoms with Gasteiger partial charge in [-0.05, 0) is 49.7 Å². The van der Waals surface area contributed by atoms with Crippen molar-refractivity contribution in [1.29, 1.82) is 0 Å². The van der Waals surface area contributed by atoms with E-state index >= 15 is 0 Å². The number of hydrogen-bond acceptors (Lipinski definition) is 5. The molecule has 2 aromatic rings. The molecule has 10 heteroatoms. The maximum atomic E-state index is 12.9. The van der Waals surface area contributed by atoms with Gasteiger partial charge in [-0.1, -0.05) is 12.1 Å². The molecule has 3 rings (SSSR count). The van der Waals surface area contributed by atoms with Crippen molar-refractivity contribution in [1.82, 2.24) is 4.72 Å². The van der Waals surface area contributed by atoms with Gasteiger partial charge in [-0.15, -0.1) is 0 Å². The lowest BCUT2D eigenvalue weighted by molar-refractivity contribution is -0.137. The summed E-state index contributed by atoms with van der Waals surface area (Å²) in [5.41, 5.74) is -0.410. The average Bonchev–Trinajstić information content (AvgIpc) is 2.59. The van der Waals surface area contributed by atoms with Crippen molar-refractivity contribution >= 4 is 21.7 Å². The molecule has 1 aliphatic rings. The van der Waals surface area contributed by atoms with Crippen molar-refractivity contribution in [2.75, 3.05) is 5.32 Å². The van der Waals surface area contributed by atoms with E-state index in [0.717, 1.165) is 18.2 Å². The van der Waals surface area contributed by atoms with E-state index in [1.807, 2.05) is 0 Å². The first kappa shape index (κ1) is 20.2. The van der Waals surface area contributed by atoms with E-state index in [2.05, 4.69) is 10.0 Å². The Morgan fingerprint density at radius 2 is 1.75 bits per heavy atom. The molecule has 150 valence electrons. The minimum Gasteiger partial charge on any atom is -0.459 e. The second kappa shape index (κ2) is 7.10. The van der Waals surface area contributed by atoms with Crippen molar-refractivity contribution in [3.05, 3.63) is 59.2 Å². The number of carbonyl (C=O) groups is 1. The Morgan fingerprint density at radius 1 is 1.11 bits per heavy atom. The number of sulfonamides is 1. The summed E-state index contributed by atoms with van der Waals surface area (Å²) in [6.45, 7) is 3.42. The lowest BCUT2D eigenvalue weighted by Crippen LogP contribution is -2.38. The standard InChI is InChI=1S/C18H17F3N2O4S/c1-10(2)27-17(24)12-5-3-11(4-6-12)16-22-14-9-13(18(19,20)21)7-8-15(14)28(25,26)23-16/h3-10,16,22-23H,1-2H3/t16-/m1/s1. The third kappa shape index (κ3) is 4.12. The number of esters is 1. The molecule has 0 unspecified atom stereocenters. The Kier molecular flexibility index (Phi) is 5.11. The molecule has 0 aromatic heterocycles. The lowest BCUT2D eigenvalue weighted by Gasteiger charge is -2.29. The zero-order chi connectivity index (χ0) is 20.7. The van der Waals surface area contributed by atoms with Gasteiger partial charge in [0.15, 0.2) is 0 Å². The largest absolute Gasteiger partial charge is 0.459 e. The van der Waals surface area contributed by atoms with E-state index in [-0.39, 0.29) is 22.3 Å². The smallest absolute Gasteiger partial charge is 0.416 e. The van der Waals surface area contributed by atoms with Crippen LogP contribution in [0.3, 0.4) is 0 Å². The number of benzene rings is 2. The van der Waals surface area contributed by atoms with Crippen molar-refractivity contribution < 1.29 is 31.1 Å². The summed E-state index contributed by atoms with van der Waals surface area (Å²) in [6, 6.07) is 8.29. The van der Waals surface area contributed by atoms with Crippen LogP contribution in [0.25, 0.3) is 0 Å². The van der Waals surface area contributed by atoms with Gasteiger partial charge in [0.2, 0.25) is 10.0 Å². The highest BCUT2D eigenvalue weighted by molar-refractivity contribution is 7.89. The van der Waals surface area contributed by atoms with E-state index in [9.17, 15) is 26.4 Å². The first-order chi connectivity index (χ1) is 13.0. The topological polar surface area (TPSA) is 84.5 Å². The predicted molar refractivity (Wildman–Crippen MR) is 95.1 cm³/mol. The normalized spacial score (nSPS) is 18.3. The van der Waals surface area contributed by atoms with E-state index in [1.165, 1.54) is 24.3 Å². The molecule has 0 saturated heterocycles. The minimum atomic E-state index is -4.60. The average molecular weight is 414 g/mol. The van der Waals surface area contributed by atoms with E-state index in [1.54, 1.807) is 13.8 Å². The molecule has 1 aliphatic heterocycles. The summed E-state index contributed by atoms with van der Waals surface area (Å²) < 4.78 is 71.1. The maximum Gasteiger partial charge on any atom is 0.416 e. The van der Waals surface area contributed by atoms with Gasteiger partial charge in [-0.25, -0.2) is 13.2 Å². The molecule has 0 saturated carbocycles. The maximum absolute atomic E-state index is 12.9. The highest BCUT2D eigenvalue weighted by Crippen LogP contribution is 2.37. The van der Waals surface area contributed by atoms with Gasteiger partial charge in [-0.3, -0.25) is 0 Å². The zero-order valence-electron chi connectivity index (χ0n) is 14.9. The summed E-state index contributed by atoms with van der Waals surface area (Å²) in [6.07, 6.45) is -5.88. The van der Waals surface area contributed by atoms with E-state index in [0.29, 0.717) is 5.56 Å². The number of carbonyl (C=O) groups excluding carboxylic acids is 1. The molecule has 0 bridgehead atoms. The van der Waals surface area contributed by atoms with E-state index in [4.69, 9.17) is 4.74 Å². The molecule has 1 heterocycles. The van der Waals surface area contributed by atoms with Crippen LogP contribution in [0.15, 0.2) is 47.4 Å². The molecule has 0 spiro atoms. The Hall–Kier alpha value is -2.59. The van der Waals surface area contributed by atoms with Gasteiger partial charge >= 0.3 is 12.1 Å². The summed E-state index contributed by atoms with van der Waals surface area (Å²) >= 11 is 0. The van der Waals surface area contributed by atoms with Crippen molar-refractivity contribution in [2.45, 2.75) is 37.2 Å². The summed E-state index contributed by atoms with van der Waals surface area (Å²) in [5, 5.41) is 2.76. The van der Waals surface area contributed by atoms with Crippen molar-refractivity contribution in [3.8, 4) is 0 Å². The number of rotatable bonds is 3. The lowest BCUT2D eigenvalue weighted by atomic mass is 10.1. The number of anilines is 1. The van der Waals surface area contributed by atoms with Gasteiger partial charge in [0.1, 0.15) is 11.1 Å². The highest BCUT2D eigenvalue weighted by Gasteiger charge is 2.35. The zero-order valence-corrected chi connectivity index (χ0v) is 15.7. The van der Waals surface area contributed by atoms with Crippen LogP contribution in [0.1, 0.15) is 41.5 Å². The molecule has 1 atom stereocenters. The summed E-state index contributed by atoms with van der Waals surface area (Å²) in [7, 11) is -4.02. The molecule has 28 heavy (non-hydrogen) atoms. The molecule has 0 fully saturated rings. The fourth-order valence-electron chi connectivity index (χ4n) is 2.70. The summed E-state index contributed by atoms with van der Waals surface area (Å²) in [4.78, 5) is 11.6. The second-order valence-electron chi connectivity index (χ2n) is 6.48. The van der Waals surface area contributed by atoms with Crippen LogP contribution in [-0.4, -0.2) is 20.5 Å². The van der Waals surface area contributed by atoms with Crippen LogP contribution >= 0.6 is 0 Å². The third-order valence-electron chi connectivity index (χ3n) is 3.99. The molecule has 0 amide bonds. The van der Waals surface area contributed by atoms with Gasteiger partial charge in [0.05, 0.1) is 22.9 Å². The van der Waals surface area contributed by atoms with Crippen LogP contribution in [0.4, 0.5) is 18.9 Å². The van der Waals surface area contributed by atoms with Gasteiger partial charge in [0, 0.05) is 0 Å². The SMILES string of the molecule is CC(C)OC(=O)c1ccc([C@@H]2Nc3cc(C(F)(F)F)ccc3S(=O)(=O)N2)cc1. The Balaban J connectivity index is 1.90. The highest BCUT2D eigenvalue weighted by atomic mass is 32.2. The fraction of sp³-hybridized carbons (Fsp3) is 0.278. The molecule has 0 radical (unpaired) electrons. The minimum absolute atomic E-state index is 0.151. The van der Waals surface area contributed by atoms with Gasteiger partial charge < -0.3 is 10.1 Å². The molecule has 0 aliphatic carbocycles. The van der Waals surface area contributed by atoms with E-state index < -0.39 is 33.9 Å². The Labute approximate surface area is 159 Å². The Bertz CT molecular complexity index is 1000. The van der Waals surface area contributed by atoms with Crippen LogP contribution in [0, 0.1) is 0 Å². The predicted octanol–water partition coefficient (Wildman–Crippen LogP) is 3.67. The van der Waals surface area contributed by atoms with Gasteiger partial charge in [-0.2, -0.15) is 17.9 Å². The number of hydrogen-bond donors (Lipinski definition) is 2. The monoisotopic (exact) mass is 414 g/mol. The van der Waals surface area contributed by atoms with Crippen LogP contribution < -0.4 is 10.0 Å². The van der Waals surface area contributed by atoms with Gasteiger partial charge in [0.25, 0.3) is 0 Å². The van der Waals surface area contributed by atoms with Crippen LogP contribution in [-0.2, 0) is 20.9 Å². The second-order valence-corrected chi connectivity index (χ2v) is 8.17.